The number of rotatable bonds is 2. The van der Waals surface area contributed by atoms with Crippen LogP contribution in [0.1, 0.15) is 13.3 Å². The Morgan fingerprint density at radius 3 is 3.00 bits per heavy atom. The molecule has 1 aromatic heterocycles. The van der Waals surface area contributed by atoms with Gasteiger partial charge in [0, 0.05) is 31.3 Å². The lowest BCUT2D eigenvalue weighted by Crippen LogP contribution is -2.25. The number of pyridine rings is 1. The van der Waals surface area contributed by atoms with Crippen molar-refractivity contribution in [2.75, 3.05) is 11.4 Å². The van der Waals surface area contributed by atoms with Gasteiger partial charge in [-0.2, -0.15) is 0 Å². The fourth-order valence-corrected chi connectivity index (χ4v) is 2.64. The summed E-state index contributed by atoms with van der Waals surface area (Å²) in [5.41, 5.74) is 0. The smallest absolute Gasteiger partial charge is 0.229 e. The monoisotopic (exact) mass is 236 g/mol. The summed E-state index contributed by atoms with van der Waals surface area (Å²) < 4.78 is 0. The molecule has 1 fully saturated rings. The van der Waals surface area contributed by atoms with Gasteiger partial charge in [0.15, 0.2) is 5.12 Å². The van der Waals surface area contributed by atoms with E-state index >= 15 is 0 Å². The van der Waals surface area contributed by atoms with E-state index in [0.717, 1.165) is 0 Å². The predicted molar refractivity (Wildman–Crippen MR) is 63.3 cm³/mol. The van der Waals surface area contributed by atoms with Crippen molar-refractivity contribution in [3.05, 3.63) is 24.4 Å². The minimum atomic E-state index is 0.0393. The molecule has 4 nitrogen and oxygen atoms in total. The number of hydrogen-bond donors (Lipinski definition) is 0. The van der Waals surface area contributed by atoms with Crippen molar-refractivity contribution in [1.82, 2.24) is 4.98 Å². The maximum absolute atomic E-state index is 11.7. The molecule has 16 heavy (non-hydrogen) atoms. The second-order valence-corrected chi connectivity index (χ2v) is 5.11. The number of carbonyl (C=O) groups is 2. The van der Waals surface area contributed by atoms with Gasteiger partial charge in [0.2, 0.25) is 5.91 Å². The van der Waals surface area contributed by atoms with Crippen LogP contribution < -0.4 is 4.90 Å². The molecule has 0 bridgehead atoms. The minimum Gasteiger partial charge on any atom is -0.296 e. The number of hydrogen-bond acceptors (Lipinski definition) is 4. The molecular weight excluding hydrogens is 224 g/mol. The molecule has 0 aromatic carbocycles. The molecule has 1 aliphatic rings. The molecule has 5 heteroatoms. The van der Waals surface area contributed by atoms with E-state index in [4.69, 9.17) is 0 Å². The molecule has 1 aromatic rings. The Kier molecular flexibility index (Phi) is 3.24. The van der Waals surface area contributed by atoms with Crippen molar-refractivity contribution >= 4 is 28.6 Å². The Labute approximate surface area is 98.0 Å². The lowest BCUT2D eigenvalue weighted by molar-refractivity contribution is -0.117. The van der Waals surface area contributed by atoms with Gasteiger partial charge >= 0.3 is 0 Å². The molecule has 1 amide bonds. The fraction of sp³-hybridized carbons (Fsp3) is 0.364. The standard InChI is InChI=1S/C11H12N2O2S/c1-8(14)16-9-6-11(15)13(7-9)10-4-2-3-5-12-10/h2-5,9H,6-7H2,1H3. The Hall–Kier alpha value is -1.36. The van der Waals surface area contributed by atoms with Crippen LogP contribution in [0.2, 0.25) is 0 Å². The largest absolute Gasteiger partial charge is 0.296 e. The third-order valence-electron chi connectivity index (χ3n) is 2.35. The zero-order valence-electron chi connectivity index (χ0n) is 8.92. The number of anilines is 1. The van der Waals surface area contributed by atoms with E-state index in [9.17, 15) is 9.59 Å². The first kappa shape index (κ1) is 11.1. The summed E-state index contributed by atoms with van der Waals surface area (Å²) in [7, 11) is 0. The van der Waals surface area contributed by atoms with Crippen LogP contribution in [0.25, 0.3) is 0 Å². The van der Waals surface area contributed by atoms with Crippen LogP contribution in [-0.2, 0) is 9.59 Å². The average molecular weight is 236 g/mol. The van der Waals surface area contributed by atoms with Crippen molar-refractivity contribution in [1.29, 1.82) is 0 Å². The Morgan fingerprint density at radius 1 is 1.56 bits per heavy atom. The molecule has 0 spiro atoms. The van der Waals surface area contributed by atoms with Gasteiger partial charge in [0.05, 0.1) is 0 Å². The third kappa shape index (κ3) is 2.41. The molecule has 84 valence electrons. The zero-order valence-corrected chi connectivity index (χ0v) is 9.74. The van der Waals surface area contributed by atoms with Crippen LogP contribution in [0.4, 0.5) is 5.82 Å². The number of amides is 1. The van der Waals surface area contributed by atoms with Crippen LogP contribution in [0.15, 0.2) is 24.4 Å². The van der Waals surface area contributed by atoms with Gasteiger partial charge in [0.25, 0.3) is 0 Å². The second-order valence-electron chi connectivity index (χ2n) is 3.63. The van der Waals surface area contributed by atoms with Gasteiger partial charge < -0.3 is 0 Å². The highest BCUT2D eigenvalue weighted by Gasteiger charge is 2.32. The van der Waals surface area contributed by atoms with Crippen molar-refractivity contribution in [2.45, 2.75) is 18.6 Å². The molecule has 0 N–H and O–H groups in total. The van der Waals surface area contributed by atoms with E-state index in [-0.39, 0.29) is 16.3 Å². The van der Waals surface area contributed by atoms with Gasteiger partial charge in [-0.05, 0) is 12.1 Å². The van der Waals surface area contributed by atoms with Crippen LogP contribution >= 0.6 is 11.8 Å². The first-order chi connectivity index (χ1) is 7.66. The molecule has 0 aliphatic carbocycles. The maximum Gasteiger partial charge on any atom is 0.229 e. The zero-order chi connectivity index (χ0) is 11.5. The molecule has 2 heterocycles. The van der Waals surface area contributed by atoms with E-state index in [2.05, 4.69) is 4.98 Å². The molecule has 1 unspecified atom stereocenters. The van der Waals surface area contributed by atoms with Gasteiger partial charge in [0.1, 0.15) is 5.82 Å². The first-order valence-corrected chi connectivity index (χ1v) is 5.93. The van der Waals surface area contributed by atoms with Crippen molar-refractivity contribution in [2.24, 2.45) is 0 Å². The normalized spacial score (nSPS) is 20.2. The van der Waals surface area contributed by atoms with E-state index < -0.39 is 0 Å². The van der Waals surface area contributed by atoms with E-state index in [1.165, 1.54) is 18.7 Å². The summed E-state index contributed by atoms with van der Waals surface area (Å²) in [6.45, 7) is 2.10. The molecule has 2 rings (SSSR count). The molecule has 1 atom stereocenters. The molecule has 1 saturated heterocycles. The van der Waals surface area contributed by atoms with Crippen LogP contribution in [0, 0.1) is 0 Å². The molecular formula is C11H12N2O2S. The van der Waals surface area contributed by atoms with E-state index in [1.54, 1.807) is 17.2 Å². The highest BCUT2D eigenvalue weighted by atomic mass is 32.2. The number of carbonyl (C=O) groups excluding carboxylic acids is 2. The number of nitrogens with zero attached hydrogens (tertiary/aromatic N) is 2. The van der Waals surface area contributed by atoms with Gasteiger partial charge in [-0.25, -0.2) is 4.98 Å². The average Bonchev–Trinajstić information content (AvgIpc) is 2.60. The Morgan fingerprint density at radius 2 is 2.38 bits per heavy atom. The number of aromatic nitrogens is 1. The molecule has 1 aliphatic heterocycles. The second kappa shape index (κ2) is 4.65. The lowest BCUT2D eigenvalue weighted by atomic mass is 10.4. The highest BCUT2D eigenvalue weighted by molar-refractivity contribution is 8.14. The van der Waals surface area contributed by atoms with Crippen molar-refractivity contribution in [3.8, 4) is 0 Å². The van der Waals surface area contributed by atoms with Gasteiger partial charge in [-0.3, -0.25) is 14.5 Å². The summed E-state index contributed by atoms with van der Waals surface area (Å²) in [6, 6.07) is 5.46. The van der Waals surface area contributed by atoms with Crippen molar-refractivity contribution in [3.63, 3.8) is 0 Å². The SMILES string of the molecule is CC(=O)SC1CC(=O)N(c2ccccn2)C1. The van der Waals surface area contributed by atoms with Crippen molar-refractivity contribution < 1.29 is 9.59 Å². The lowest BCUT2D eigenvalue weighted by Gasteiger charge is -2.14. The summed E-state index contributed by atoms with van der Waals surface area (Å²) in [4.78, 5) is 28.5. The van der Waals surface area contributed by atoms with E-state index in [0.29, 0.717) is 18.8 Å². The summed E-state index contributed by atoms with van der Waals surface area (Å²) in [5.74, 6) is 0.705. The summed E-state index contributed by atoms with van der Waals surface area (Å²) in [5, 5.41) is 0.118. The maximum atomic E-state index is 11.7. The first-order valence-electron chi connectivity index (χ1n) is 5.05. The van der Waals surface area contributed by atoms with Crippen LogP contribution in [0.5, 0.6) is 0 Å². The topological polar surface area (TPSA) is 50.3 Å². The summed E-state index contributed by atoms with van der Waals surface area (Å²) >= 11 is 1.24. The molecule has 0 radical (unpaired) electrons. The quantitative estimate of drug-likeness (QED) is 0.780. The summed E-state index contributed by atoms with van der Waals surface area (Å²) in [6.07, 6.45) is 2.08. The molecule has 0 saturated carbocycles. The fourth-order valence-electron chi connectivity index (χ4n) is 1.72. The van der Waals surface area contributed by atoms with Gasteiger partial charge in [-0.15, -0.1) is 0 Å². The van der Waals surface area contributed by atoms with Gasteiger partial charge in [-0.1, -0.05) is 17.8 Å². The van der Waals surface area contributed by atoms with Crippen LogP contribution in [-0.4, -0.2) is 27.8 Å². The highest BCUT2D eigenvalue weighted by Crippen LogP contribution is 2.27. The number of thioether (sulfide) groups is 1. The Balaban J connectivity index is 2.08. The Bertz CT molecular complexity index is 408. The van der Waals surface area contributed by atoms with Crippen LogP contribution in [0.3, 0.4) is 0 Å². The third-order valence-corrected chi connectivity index (χ3v) is 3.33. The minimum absolute atomic E-state index is 0.0393. The van der Waals surface area contributed by atoms with E-state index in [1.807, 2.05) is 12.1 Å². The predicted octanol–water partition coefficient (Wildman–Crippen LogP) is 1.47.